The van der Waals surface area contributed by atoms with Crippen molar-refractivity contribution in [3.63, 3.8) is 0 Å². The van der Waals surface area contributed by atoms with Gasteiger partial charge < -0.3 is 14.0 Å². The first-order valence-electron chi connectivity index (χ1n) is 10.6. The Balaban J connectivity index is 1.66. The minimum atomic E-state index is -0.380. The summed E-state index contributed by atoms with van der Waals surface area (Å²) in [6.07, 6.45) is 0. The van der Waals surface area contributed by atoms with Gasteiger partial charge >= 0.3 is 11.9 Å². The number of thiophene rings is 2. The Morgan fingerprint density at radius 3 is 1.97 bits per heavy atom. The summed E-state index contributed by atoms with van der Waals surface area (Å²) in [5.41, 5.74) is 6.43. The Labute approximate surface area is 213 Å². The molecule has 0 unspecified atom stereocenters. The summed E-state index contributed by atoms with van der Waals surface area (Å²) >= 11 is 4.19. The highest BCUT2D eigenvalue weighted by atomic mass is 32.1. The van der Waals surface area contributed by atoms with Gasteiger partial charge in [0, 0.05) is 38.5 Å². The summed E-state index contributed by atoms with van der Waals surface area (Å²) in [5.74, 6) is -0.735. The van der Waals surface area contributed by atoms with E-state index in [0.29, 0.717) is 11.1 Å². The average Bonchev–Trinajstić information content (AvgIpc) is 3.64. The van der Waals surface area contributed by atoms with Crippen molar-refractivity contribution in [2.45, 2.75) is 13.8 Å². The number of nitrogens with zero attached hydrogens (tertiary/aromatic N) is 3. The molecule has 0 aliphatic heterocycles. The van der Waals surface area contributed by atoms with Crippen LogP contribution in [-0.4, -0.2) is 39.5 Å². The molecule has 0 amide bonds. The molecule has 0 aliphatic carbocycles. The highest BCUT2D eigenvalue weighted by Gasteiger charge is 2.24. The summed E-state index contributed by atoms with van der Waals surface area (Å²) < 4.78 is 21.2. The second-order valence-electron chi connectivity index (χ2n) is 7.96. The summed E-state index contributed by atoms with van der Waals surface area (Å²) in [6.45, 7) is 3.93. The number of carbonyl (C=O) groups excluding carboxylic acids is 2. The maximum atomic E-state index is 12.6. The molecule has 5 aromatic rings. The van der Waals surface area contributed by atoms with Crippen LogP contribution in [0, 0.1) is 13.8 Å². The van der Waals surface area contributed by atoms with Crippen molar-refractivity contribution in [3.05, 3.63) is 58.1 Å². The number of methoxy groups -OCH3 is 2. The van der Waals surface area contributed by atoms with Gasteiger partial charge in [-0.1, -0.05) is 12.1 Å². The lowest BCUT2D eigenvalue weighted by Crippen LogP contribution is -2.02. The zero-order valence-corrected chi connectivity index (χ0v) is 22.1. The number of rotatable bonds is 5. The van der Waals surface area contributed by atoms with E-state index in [0.717, 1.165) is 64.8 Å². The number of esters is 2. The number of fused-ring (bicyclic) bond motifs is 1. The van der Waals surface area contributed by atoms with E-state index >= 15 is 0 Å². The van der Waals surface area contributed by atoms with Crippen molar-refractivity contribution in [1.29, 1.82) is 0 Å². The van der Waals surface area contributed by atoms with E-state index in [-0.39, 0.29) is 11.9 Å². The zero-order chi connectivity index (χ0) is 24.9. The van der Waals surface area contributed by atoms with Gasteiger partial charge in [0.05, 0.1) is 47.6 Å². The molecule has 0 atom stereocenters. The topological polar surface area (TPSA) is 83.3 Å². The summed E-state index contributed by atoms with van der Waals surface area (Å²) in [6, 6.07) is 11.7. The summed E-state index contributed by atoms with van der Waals surface area (Å²) in [4.78, 5) is 28.3. The second-order valence-corrected chi connectivity index (χ2v) is 10.8. The van der Waals surface area contributed by atoms with Gasteiger partial charge in [0.2, 0.25) is 0 Å². The molecule has 0 saturated heterocycles. The fourth-order valence-electron chi connectivity index (χ4n) is 4.01. The largest absolute Gasteiger partial charge is 0.465 e. The van der Waals surface area contributed by atoms with Gasteiger partial charge in [-0.2, -0.15) is 8.75 Å². The van der Waals surface area contributed by atoms with Gasteiger partial charge in [-0.3, -0.25) is 0 Å². The molecule has 0 bridgehead atoms. The van der Waals surface area contributed by atoms with Gasteiger partial charge in [0.1, 0.15) is 11.0 Å². The van der Waals surface area contributed by atoms with E-state index in [2.05, 4.69) is 13.3 Å². The fraction of sp³-hybridized carbons (Fsp3) is 0.200. The maximum absolute atomic E-state index is 12.6. The smallest absolute Gasteiger partial charge is 0.339 e. The first kappa shape index (κ1) is 23.4. The van der Waals surface area contributed by atoms with Gasteiger partial charge in [0.25, 0.3) is 0 Å². The molecule has 0 N–H and O–H groups in total. The SMILES string of the molecule is COC(=O)c1cc(-c2ccc(-c3cc(C(=O)OC)c(-c4ccc(C)n4C)s3)c3nsnc23)sc1C. The minimum Gasteiger partial charge on any atom is -0.465 e. The number of ether oxygens (including phenoxy) is 2. The lowest BCUT2D eigenvalue weighted by atomic mass is 10.0. The van der Waals surface area contributed by atoms with Gasteiger partial charge in [-0.15, -0.1) is 22.7 Å². The van der Waals surface area contributed by atoms with E-state index in [4.69, 9.17) is 9.47 Å². The normalized spacial score (nSPS) is 11.2. The van der Waals surface area contributed by atoms with Crippen molar-refractivity contribution in [1.82, 2.24) is 13.3 Å². The van der Waals surface area contributed by atoms with Crippen LogP contribution >= 0.6 is 34.4 Å². The molecule has 10 heteroatoms. The van der Waals surface area contributed by atoms with Crippen LogP contribution in [0.5, 0.6) is 0 Å². The Morgan fingerprint density at radius 2 is 1.40 bits per heavy atom. The van der Waals surface area contributed by atoms with E-state index < -0.39 is 0 Å². The number of benzene rings is 1. The lowest BCUT2D eigenvalue weighted by Gasteiger charge is -2.05. The van der Waals surface area contributed by atoms with Crippen LogP contribution in [0.4, 0.5) is 0 Å². The monoisotopic (exact) mass is 523 g/mol. The van der Waals surface area contributed by atoms with Crippen LogP contribution in [0.25, 0.3) is 42.5 Å². The van der Waals surface area contributed by atoms with Crippen LogP contribution < -0.4 is 0 Å². The third kappa shape index (κ3) is 3.87. The first-order valence-corrected chi connectivity index (χ1v) is 13.0. The Bertz CT molecular complexity index is 1610. The Hall–Kier alpha value is -3.34. The van der Waals surface area contributed by atoms with Crippen LogP contribution in [0.3, 0.4) is 0 Å². The molecule has 1 aromatic carbocycles. The molecule has 0 fully saturated rings. The predicted molar refractivity (Wildman–Crippen MR) is 141 cm³/mol. The van der Waals surface area contributed by atoms with Crippen molar-refractivity contribution in [2.24, 2.45) is 7.05 Å². The number of carbonyl (C=O) groups is 2. The quantitative estimate of drug-likeness (QED) is 0.250. The molecule has 178 valence electrons. The van der Waals surface area contributed by atoms with Crippen molar-refractivity contribution in [2.75, 3.05) is 14.2 Å². The molecule has 0 aliphatic rings. The second kappa shape index (κ2) is 9.03. The summed E-state index contributed by atoms with van der Waals surface area (Å²) in [5, 5.41) is 0. The van der Waals surface area contributed by atoms with Crippen LogP contribution in [0.2, 0.25) is 0 Å². The van der Waals surface area contributed by atoms with Crippen molar-refractivity contribution in [3.8, 4) is 31.5 Å². The molecule has 0 radical (unpaired) electrons. The van der Waals surface area contributed by atoms with Crippen LogP contribution in [0.15, 0.2) is 36.4 Å². The molecule has 4 aromatic heterocycles. The first-order chi connectivity index (χ1) is 16.8. The minimum absolute atomic E-state index is 0.355. The van der Waals surface area contributed by atoms with Gasteiger partial charge in [-0.25, -0.2) is 9.59 Å². The Morgan fingerprint density at radius 1 is 0.829 bits per heavy atom. The molecule has 4 heterocycles. The Kier molecular flexibility index (Phi) is 6.04. The molecule has 0 saturated carbocycles. The third-order valence-electron chi connectivity index (χ3n) is 6.01. The van der Waals surface area contributed by atoms with E-state index in [1.54, 1.807) is 0 Å². The predicted octanol–water partition coefficient (Wildman–Crippen LogP) is 6.34. The third-order valence-corrected chi connectivity index (χ3v) is 8.82. The number of hydrogen-bond donors (Lipinski definition) is 0. The standard InChI is InChI=1S/C25H21N3O4S3/c1-12-6-9-18(28(12)3)23-17(25(30)32-5)11-20(34-23)15-8-7-14(21-22(15)27-35-26-21)19-10-16(13(2)33-19)24(29)31-4/h6-11H,1-5H3. The maximum Gasteiger partial charge on any atom is 0.339 e. The number of hydrogen-bond acceptors (Lipinski definition) is 9. The molecular weight excluding hydrogens is 502 g/mol. The molecular formula is C25H21N3O4S3. The van der Waals surface area contributed by atoms with Crippen LogP contribution in [0.1, 0.15) is 31.3 Å². The van der Waals surface area contributed by atoms with Crippen molar-refractivity contribution < 1.29 is 19.1 Å². The lowest BCUT2D eigenvalue weighted by molar-refractivity contribution is 0.0592. The molecule has 35 heavy (non-hydrogen) atoms. The number of aryl methyl sites for hydroxylation is 2. The van der Waals surface area contributed by atoms with E-state index in [1.165, 1.54) is 36.9 Å². The van der Waals surface area contributed by atoms with Gasteiger partial charge in [0.15, 0.2) is 0 Å². The summed E-state index contributed by atoms with van der Waals surface area (Å²) in [7, 11) is 4.75. The molecule has 0 spiro atoms. The van der Waals surface area contributed by atoms with Crippen LogP contribution in [-0.2, 0) is 16.5 Å². The van der Waals surface area contributed by atoms with E-state index in [1.807, 2.05) is 57.3 Å². The zero-order valence-electron chi connectivity index (χ0n) is 19.7. The number of aromatic nitrogens is 3. The average molecular weight is 524 g/mol. The van der Waals surface area contributed by atoms with E-state index in [9.17, 15) is 9.59 Å². The fourth-order valence-corrected chi connectivity index (χ4v) is 6.85. The van der Waals surface area contributed by atoms with Gasteiger partial charge in [-0.05, 0) is 38.1 Å². The molecule has 7 nitrogen and oxygen atoms in total. The highest BCUT2D eigenvalue weighted by Crippen LogP contribution is 2.43. The molecule has 5 rings (SSSR count). The van der Waals surface area contributed by atoms with Crippen molar-refractivity contribution >= 4 is 57.4 Å². The highest BCUT2D eigenvalue weighted by molar-refractivity contribution is 7.19.